The monoisotopic (exact) mass is 346 g/mol. The summed E-state index contributed by atoms with van der Waals surface area (Å²) in [5.41, 5.74) is 0.585. The molecule has 0 heterocycles. The quantitative estimate of drug-likeness (QED) is 0.449. The van der Waals surface area contributed by atoms with Crippen LogP contribution < -0.4 is 10.1 Å². The number of unbranched alkanes of at least 4 members (excludes halogenated alkanes) is 1. The molecule has 0 radical (unpaired) electrons. The van der Waals surface area contributed by atoms with Crippen LogP contribution in [0.3, 0.4) is 0 Å². The van der Waals surface area contributed by atoms with Gasteiger partial charge in [-0.25, -0.2) is 4.39 Å². The lowest BCUT2D eigenvalue weighted by Gasteiger charge is -2.09. The first kappa shape index (κ1) is 18.4. The number of amides is 1. The molecule has 0 aromatic heterocycles. The van der Waals surface area contributed by atoms with E-state index in [-0.39, 0.29) is 17.4 Å². The number of hydrogen-bond acceptors (Lipinski definition) is 4. The first-order valence-electron chi connectivity index (χ1n) is 7.89. The summed E-state index contributed by atoms with van der Waals surface area (Å²) >= 11 is 0. The average molecular weight is 346 g/mol. The molecule has 0 saturated heterocycles. The predicted octanol–water partition coefficient (Wildman–Crippen LogP) is 3.63. The van der Waals surface area contributed by atoms with E-state index < -0.39 is 4.92 Å². The van der Waals surface area contributed by atoms with Gasteiger partial charge in [0.2, 0.25) is 0 Å². The molecular formula is C18H19FN2O4. The fourth-order valence-corrected chi connectivity index (χ4v) is 2.31. The Kier molecular flexibility index (Phi) is 6.45. The van der Waals surface area contributed by atoms with E-state index in [0.717, 1.165) is 0 Å². The number of benzene rings is 2. The number of nitrogens with one attached hydrogen (secondary N) is 1. The Hall–Kier alpha value is -2.96. The maximum absolute atomic E-state index is 12.8. The Balaban J connectivity index is 1.73. The van der Waals surface area contributed by atoms with Crippen molar-refractivity contribution in [2.24, 2.45) is 0 Å². The van der Waals surface area contributed by atoms with E-state index in [2.05, 4.69) is 5.32 Å². The van der Waals surface area contributed by atoms with Gasteiger partial charge >= 0.3 is 0 Å². The van der Waals surface area contributed by atoms with E-state index in [1.54, 1.807) is 25.1 Å². The largest absolute Gasteiger partial charge is 0.494 e. The van der Waals surface area contributed by atoms with Crippen molar-refractivity contribution in [2.45, 2.75) is 19.8 Å². The molecule has 25 heavy (non-hydrogen) atoms. The number of nitro groups is 1. The van der Waals surface area contributed by atoms with Crippen LogP contribution >= 0.6 is 0 Å². The summed E-state index contributed by atoms with van der Waals surface area (Å²) in [6, 6.07) is 10.2. The molecule has 0 aliphatic carbocycles. The molecule has 2 aromatic carbocycles. The van der Waals surface area contributed by atoms with Crippen molar-refractivity contribution in [1.29, 1.82) is 0 Å². The van der Waals surface area contributed by atoms with Crippen LogP contribution in [0.2, 0.25) is 0 Å². The second kappa shape index (κ2) is 8.77. The van der Waals surface area contributed by atoms with Crippen LogP contribution in [0.5, 0.6) is 5.75 Å². The molecule has 0 aliphatic heterocycles. The Morgan fingerprint density at radius 3 is 2.60 bits per heavy atom. The van der Waals surface area contributed by atoms with Crippen LogP contribution in [0.15, 0.2) is 42.5 Å². The summed E-state index contributed by atoms with van der Waals surface area (Å²) in [6.45, 7) is 2.45. The van der Waals surface area contributed by atoms with E-state index >= 15 is 0 Å². The van der Waals surface area contributed by atoms with Crippen molar-refractivity contribution in [1.82, 2.24) is 5.32 Å². The SMILES string of the molecule is Cc1c(C(=O)NCCCCOc2ccc(F)cc2)cccc1[N+](=O)[O-]. The number of rotatable bonds is 8. The molecule has 0 atom stereocenters. The summed E-state index contributed by atoms with van der Waals surface area (Å²) in [4.78, 5) is 22.5. The summed E-state index contributed by atoms with van der Waals surface area (Å²) in [7, 11) is 0. The van der Waals surface area contributed by atoms with E-state index in [1.165, 1.54) is 24.3 Å². The summed E-state index contributed by atoms with van der Waals surface area (Å²) in [5.74, 6) is -0.0511. The number of halogens is 1. The first-order valence-corrected chi connectivity index (χ1v) is 7.89. The zero-order valence-electron chi connectivity index (χ0n) is 13.8. The van der Waals surface area contributed by atoms with Gasteiger partial charge in [-0.3, -0.25) is 14.9 Å². The molecule has 0 unspecified atom stereocenters. The third-order valence-electron chi connectivity index (χ3n) is 3.69. The van der Waals surface area contributed by atoms with E-state index in [0.29, 0.717) is 42.9 Å². The van der Waals surface area contributed by atoms with E-state index in [4.69, 9.17) is 4.74 Å². The minimum Gasteiger partial charge on any atom is -0.494 e. The minimum atomic E-state index is -0.501. The van der Waals surface area contributed by atoms with Gasteiger partial charge in [-0.05, 0) is 50.1 Å². The van der Waals surface area contributed by atoms with Gasteiger partial charge in [0.15, 0.2) is 0 Å². The molecule has 132 valence electrons. The molecule has 0 aliphatic rings. The summed E-state index contributed by atoms with van der Waals surface area (Å²) in [5, 5.41) is 13.6. The minimum absolute atomic E-state index is 0.0691. The van der Waals surface area contributed by atoms with E-state index in [9.17, 15) is 19.3 Å². The Bertz CT molecular complexity index is 747. The number of nitrogens with zero attached hydrogens (tertiary/aromatic N) is 1. The highest BCUT2D eigenvalue weighted by Gasteiger charge is 2.17. The van der Waals surface area contributed by atoms with Crippen LogP contribution in [0, 0.1) is 22.9 Å². The number of nitro benzene ring substituents is 1. The van der Waals surface area contributed by atoms with Crippen molar-refractivity contribution < 1.29 is 18.8 Å². The van der Waals surface area contributed by atoms with Gasteiger partial charge in [0.1, 0.15) is 11.6 Å². The van der Waals surface area contributed by atoms with Gasteiger partial charge in [-0.1, -0.05) is 6.07 Å². The molecule has 2 rings (SSSR count). The molecule has 1 N–H and O–H groups in total. The molecule has 1 amide bonds. The van der Waals surface area contributed by atoms with Crippen LogP contribution in [0.1, 0.15) is 28.8 Å². The maximum Gasteiger partial charge on any atom is 0.273 e. The molecule has 0 fully saturated rings. The number of carbonyl (C=O) groups excluding carboxylic acids is 1. The maximum atomic E-state index is 12.8. The molecule has 0 saturated carbocycles. The normalized spacial score (nSPS) is 10.3. The van der Waals surface area contributed by atoms with Crippen molar-refractivity contribution in [3.63, 3.8) is 0 Å². The fourth-order valence-electron chi connectivity index (χ4n) is 2.31. The molecule has 0 spiro atoms. The summed E-state index contributed by atoms with van der Waals surface area (Å²) < 4.78 is 18.2. The lowest BCUT2D eigenvalue weighted by atomic mass is 10.1. The lowest BCUT2D eigenvalue weighted by molar-refractivity contribution is -0.385. The molecular weight excluding hydrogens is 327 g/mol. The van der Waals surface area contributed by atoms with Gasteiger partial charge < -0.3 is 10.1 Å². The topological polar surface area (TPSA) is 81.5 Å². The van der Waals surface area contributed by atoms with E-state index in [1.807, 2.05) is 0 Å². The highest BCUT2D eigenvalue weighted by Crippen LogP contribution is 2.20. The smallest absolute Gasteiger partial charge is 0.273 e. The van der Waals surface area contributed by atoms with Gasteiger partial charge in [-0.2, -0.15) is 0 Å². The van der Waals surface area contributed by atoms with Crippen LogP contribution in [-0.2, 0) is 0 Å². The second-order valence-electron chi connectivity index (χ2n) is 5.47. The number of carbonyl (C=O) groups is 1. The Morgan fingerprint density at radius 2 is 1.92 bits per heavy atom. The number of hydrogen-bond donors (Lipinski definition) is 1. The van der Waals surface area contributed by atoms with Crippen molar-refractivity contribution in [3.05, 3.63) is 69.5 Å². The van der Waals surface area contributed by atoms with Gasteiger partial charge in [0.25, 0.3) is 11.6 Å². The molecule has 7 heteroatoms. The van der Waals surface area contributed by atoms with Crippen molar-refractivity contribution in [2.75, 3.05) is 13.2 Å². The van der Waals surface area contributed by atoms with Gasteiger partial charge in [-0.15, -0.1) is 0 Å². The molecule has 6 nitrogen and oxygen atoms in total. The standard InChI is InChI=1S/C18H19FN2O4/c1-13-16(5-4-6-17(13)21(23)24)18(22)20-11-2-3-12-25-15-9-7-14(19)8-10-15/h4-10H,2-3,11-12H2,1H3,(H,20,22). The van der Waals surface area contributed by atoms with Gasteiger partial charge in [0.05, 0.1) is 11.5 Å². The Morgan fingerprint density at radius 1 is 1.20 bits per heavy atom. The predicted molar refractivity (Wildman–Crippen MR) is 91.3 cm³/mol. The second-order valence-corrected chi connectivity index (χ2v) is 5.47. The average Bonchev–Trinajstić information content (AvgIpc) is 2.59. The number of ether oxygens (including phenoxy) is 1. The van der Waals surface area contributed by atoms with Crippen LogP contribution in [-0.4, -0.2) is 24.0 Å². The van der Waals surface area contributed by atoms with Crippen molar-refractivity contribution >= 4 is 11.6 Å². The van der Waals surface area contributed by atoms with Gasteiger partial charge in [0, 0.05) is 23.7 Å². The molecule has 2 aromatic rings. The zero-order chi connectivity index (χ0) is 18.2. The molecule has 0 bridgehead atoms. The Labute approximate surface area is 144 Å². The third kappa shape index (κ3) is 5.27. The highest BCUT2D eigenvalue weighted by atomic mass is 19.1. The highest BCUT2D eigenvalue weighted by molar-refractivity contribution is 5.96. The fraction of sp³-hybridized carbons (Fsp3) is 0.278. The third-order valence-corrected chi connectivity index (χ3v) is 3.69. The zero-order valence-corrected chi connectivity index (χ0v) is 13.8. The van der Waals surface area contributed by atoms with Crippen LogP contribution in [0.4, 0.5) is 10.1 Å². The first-order chi connectivity index (χ1) is 12.0. The summed E-state index contributed by atoms with van der Waals surface area (Å²) in [6.07, 6.45) is 1.41. The van der Waals surface area contributed by atoms with Crippen LogP contribution in [0.25, 0.3) is 0 Å². The van der Waals surface area contributed by atoms with Crippen molar-refractivity contribution in [3.8, 4) is 5.75 Å². The lowest BCUT2D eigenvalue weighted by Crippen LogP contribution is -2.25.